The second-order valence-corrected chi connectivity index (χ2v) is 4.33. The van der Waals surface area contributed by atoms with Crippen LogP contribution in [0.3, 0.4) is 0 Å². The van der Waals surface area contributed by atoms with Gasteiger partial charge in [0.2, 0.25) is 5.91 Å². The molecule has 1 rings (SSSR count). The highest BCUT2D eigenvalue weighted by atomic mass is 16.3. The van der Waals surface area contributed by atoms with Crippen molar-refractivity contribution in [2.75, 3.05) is 19.7 Å². The summed E-state index contributed by atoms with van der Waals surface area (Å²) in [6, 6.07) is -0.101. The minimum absolute atomic E-state index is 0.0202. The smallest absolute Gasteiger partial charge is 0.220 e. The highest BCUT2D eigenvalue weighted by molar-refractivity contribution is 5.76. The molecule has 0 aromatic carbocycles. The van der Waals surface area contributed by atoms with Crippen LogP contribution in [0.4, 0.5) is 0 Å². The molecule has 1 aliphatic heterocycles. The molecule has 0 saturated carbocycles. The van der Waals surface area contributed by atoms with E-state index < -0.39 is 0 Å². The van der Waals surface area contributed by atoms with Gasteiger partial charge in [-0.3, -0.25) is 4.79 Å². The van der Waals surface area contributed by atoms with E-state index >= 15 is 0 Å². The van der Waals surface area contributed by atoms with Crippen molar-refractivity contribution in [2.45, 2.75) is 26.3 Å². The molecule has 0 spiro atoms. The number of rotatable bonds is 5. The molecule has 0 aliphatic carbocycles. The van der Waals surface area contributed by atoms with Gasteiger partial charge in [-0.05, 0) is 24.9 Å². The van der Waals surface area contributed by atoms with Gasteiger partial charge in [-0.1, -0.05) is 13.8 Å². The van der Waals surface area contributed by atoms with Crippen LogP contribution in [0.15, 0.2) is 0 Å². The lowest BCUT2D eigenvalue weighted by molar-refractivity contribution is -0.123. The molecule has 1 fully saturated rings. The molecule has 0 aromatic heterocycles. The minimum atomic E-state index is -0.101. The lowest BCUT2D eigenvalue weighted by atomic mass is 9.98. The van der Waals surface area contributed by atoms with Gasteiger partial charge in [0.1, 0.15) is 0 Å². The van der Waals surface area contributed by atoms with Crippen LogP contribution >= 0.6 is 0 Å². The molecule has 4 nitrogen and oxygen atoms in total. The maximum atomic E-state index is 11.5. The molecule has 82 valence electrons. The third kappa shape index (κ3) is 3.27. The lowest BCUT2D eigenvalue weighted by Gasteiger charge is -2.28. The Hall–Kier alpha value is -0.610. The van der Waals surface area contributed by atoms with Gasteiger partial charge in [-0.25, -0.2) is 0 Å². The van der Waals surface area contributed by atoms with Gasteiger partial charge in [0.15, 0.2) is 0 Å². The molecule has 0 aromatic rings. The van der Waals surface area contributed by atoms with Crippen molar-refractivity contribution < 1.29 is 9.90 Å². The Labute approximate surface area is 85.1 Å². The number of carbonyl (C=O) groups is 1. The molecule has 0 bridgehead atoms. The van der Waals surface area contributed by atoms with Crippen LogP contribution < -0.4 is 10.6 Å². The molecule has 14 heavy (non-hydrogen) atoms. The Balaban J connectivity index is 2.23. The zero-order valence-corrected chi connectivity index (χ0v) is 8.92. The van der Waals surface area contributed by atoms with Gasteiger partial charge in [-0.15, -0.1) is 0 Å². The van der Waals surface area contributed by atoms with Gasteiger partial charge >= 0.3 is 0 Å². The molecule has 0 radical (unpaired) electrons. The molecular formula is C10H20N2O2. The van der Waals surface area contributed by atoms with Gasteiger partial charge in [-0.2, -0.15) is 0 Å². The van der Waals surface area contributed by atoms with Gasteiger partial charge in [0.05, 0.1) is 12.6 Å². The fourth-order valence-electron chi connectivity index (χ4n) is 1.44. The van der Waals surface area contributed by atoms with Crippen molar-refractivity contribution >= 4 is 5.91 Å². The van der Waals surface area contributed by atoms with E-state index in [2.05, 4.69) is 10.6 Å². The molecular weight excluding hydrogens is 180 g/mol. The van der Waals surface area contributed by atoms with E-state index in [-0.39, 0.29) is 24.5 Å². The summed E-state index contributed by atoms with van der Waals surface area (Å²) in [5.41, 5.74) is 0. The molecule has 1 amide bonds. The monoisotopic (exact) mass is 200 g/mol. The molecule has 1 saturated heterocycles. The van der Waals surface area contributed by atoms with Gasteiger partial charge < -0.3 is 15.7 Å². The summed E-state index contributed by atoms with van der Waals surface area (Å²) < 4.78 is 0. The summed E-state index contributed by atoms with van der Waals surface area (Å²) in [4.78, 5) is 11.5. The number of aliphatic hydroxyl groups excluding tert-OH is 1. The second-order valence-electron chi connectivity index (χ2n) is 4.33. The zero-order chi connectivity index (χ0) is 10.6. The van der Waals surface area contributed by atoms with E-state index in [1.165, 1.54) is 0 Å². The van der Waals surface area contributed by atoms with Gasteiger partial charge in [0, 0.05) is 6.42 Å². The zero-order valence-electron chi connectivity index (χ0n) is 8.92. The Bertz CT molecular complexity index is 191. The average molecular weight is 200 g/mol. The van der Waals surface area contributed by atoms with Crippen molar-refractivity contribution in [3.8, 4) is 0 Å². The summed E-state index contributed by atoms with van der Waals surface area (Å²) in [6.45, 7) is 5.89. The molecule has 1 heterocycles. The van der Waals surface area contributed by atoms with Crippen molar-refractivity contribution in [1.82, 2.24) is 10.6 Å². The van der Waals surface area contributed by atoms with Crippen molar-refractivity contribution in [2.24, 2.45) is 11.8 Å². The van der Waals surface area contributed by atoms with E-state index in [9.17, 15) is 4.79 Å². The van der Waals surface area contributed by atoms with Crippen LogP contribution in [0.25, 0.3) is 0 Å². The highest BCUT2D eigenvalue weighted by Crippen LogP contribution is 2.09. The van der Waals surface area contributed by atoms with Crippen LogP contribution in [0, 0.1) is 11.8 Å². The second kappa shape index (κ2) is 5.32. The SMILES string of the molecule is CC(C)C(CO)NC(=O)CC1CNC1. The summed E-state index contributed by atoms with van der Waals surface area (Å²) in [7, 11) is 0. The maximum Gasteiger partial charge on any atom is 0.220 e. The molecule has 1 atom stereocenters. The summed E-state index contributed by atoms with van der Waals surface area (Å²) in [6.07, 6.45) is 0.580. The first-order valence-electron chi connectivity index (χ1n) is 5.24. The first-order valence-corrected chi connectivity index (χ1v) is 5.24. The number of hydrogen-bond donors (Lipinski definition) is 3. The summed E-state index contributed by atoms with van der Waals surface area (Å²) in [5, 5.41) is 15.0. The van der Waals surface area contributed by atoms with E-state index in [0.717, 1.165) is 13.1 Å². The molecule has 1 aliphatic rings. The van der Waals surface area contributed by atoms with Crippen molar-refractivity contribution in [3.63, 3.8) is 0 Å². The number of hydrogen-bond acceptors (Lipinski definition) is 3. The predicted octanol–water partition coefficient (Wildman–Crippen LogP) is -0.271. The largest absolute Gasteiger partial charge is 0.394 e. The fraction of sp³-hybridized carbons (Fsp3) is 0.900. The topological polar surface area (TPSA) is 61.4 Å². The van der Waals surface area contributed by atoms with Crippen LogP contribution in [0.5, 0.6) is 0 Å². The Morgan fingerprint density at radius 2 is 2.21 bits per heavy atom. The third-order valence-corrected chi connectivity index (χ3v) is 2.69. The van der Waals surface area contributed by atoms with E-state index in [0.29, 0.717) is 12.3 Å². The number of amides is 1. The maximum absolute atomic E-state index is 11.5. The normalized spacial score (nSPS) is 19.1. The Morgan fingerprint density at radius 1 is 1.57 bits per heavy atom. The number of aliphatic hydroxyl groups is 1. The van der Waals surface area contributed by atoms with E-state index in [4.69, 9.17) is 5.11 Å². The van der Waals surface area contributed by atoms with E-state index in [1.807, 2.05) is 13.8 Å². The third-order valence-electron chi connectivity index (χ3n) is 2.69. The predicted molar refractivity (Wildman–Crippen MR) is 54.8 cm³/mol. The lowest BCUT2D eigenvalue weighted by Crippen LogP contribution is -2.47. The van der Waals surface area contributed by atoms with Crippen LogP contribution in [-0.2, 0) is 4.79 Å². The standard InChI is InChI=1S/C10H20N2O2/c1-7(2)9(6-13)12-10(14)3-8-4-11-5-8/h7-9,11,13H,3-6H2,1-2H3,(H,12,14). The molecule has 4 heteroatoms. The summed E-state index contributed by atoms with van der Waals surface area (Å²) in [5.74, 6) is 0.828. The number of nitrogens with one attached hydrogen (secondary N) is 2. The highest BCUT2D eigenvalue weighted by Gasteiger charge is 2.22. The summed E-state index contributed by atoms with van der Waals surface area (Å²) >= 11 is 0. The van der Waals surface area contributed by atoms with Crippen molar-refractivity contribution in [1.29, 1.82) is 0 Å². The molecule has 3 N–H and O–H groups in total. The van der Waals surface area contributed by atoms with Crippen LogP contribution in [0.1, 0.15) is 20.3 Å². The Morgan fingerprint density at radius 3 is 2.57 bits per heavy atom. The first-order chi connectivity index (χ1) is 6.63. The van der Waals surface area contributed by atoms with Gasteiger partial charge in [0.25, 0.3) is 0 Å². The van der Waals surface area contributed by atoms with E-state index in [1.54, 1.807) is 0 Å². The fourth-order valence-corrected chi connectivity index (χ4v) is 1.44. The van der Waals surface area contributed by atoms with Crippen LogP contribution in [-0.4, -0.2) is 36.8 Å². The number of carbonyl (C=O) groups excluding carboxylic acids is 1. The quantitative estimate of drug-likeness (QED) is 0.572. The minimum Gasteiger partial charge on any atom is -0.394 e. The average Bonchev–Trinajstić information content (AvgIpc) is 2.07. The van der Waals surface area contributed by atoms with Crippen LogP contribution in [0.2, 0.25) is 0 Å². The molecule has 1 unspecified atom stereocenters. The first kappa shape index (κ1) is 11.5. The Kier molecular flexibility index (Phi) is 4.35. The van der Waals surface area contributed by atoms with Crippen molar-refractivity contribution in [3.05, 3.63) is 0 Å².